The van der Waals surface area contributed by atoms with E-state index in [2.05, 4.69) is 10.6 Å². The summed E-state index contributed by atoms with van der Waals surface area (Å²) in [5.41, 5.74) is 0. The summed E-state index contributed by atoms with van der Waals surface area (Å²) in [5, 5.41) is 142. The van der Waals surface area contributed by atoms with Crippen LogP contribution >= 0.6 is 0 Å². The molecular formula is C31H52N2O23. The van der Waals surface area contributed by atoms with Crippen molar-refractivity contribution in [2.24, 2.45) is 0 Å². The van der Waals surface area contributed by atoms with Crippen molar-refractivity contribution < 1.29 is 114 Å². The lowest BCUT2D eigenvalue weighted by Gasteiger charge is -2.51. The molecule has 25 heteroatoms. The first-order chi connectivity index (χ1) is 26.2. The molecule has 25 nitrogen and oxygen atoms in total. The van der Waals surface area contributed by atoms with Gasteiger partial charge in [-0.25, -0.2) is 4.79 Å². The van der Waals surface area contributed by atoms with Crippen LogP contribution in [0.1, 0.15) is 27.2 Å². The van der Waals surface area contributed by atoms with Crippen LogP contribution in [0.3, 0.4) is 0 Å². The maximum absolute atomic E-state index is 12.9. The number of carboxylic acids is 1. The number of aliphatic carboxylic acids is 1. The average Bonchev–Trinajstić information content (AvgIpc) is 3.14. The third-order valence-corrected chi connectivity index (χ3v) is 9.94. The summed E-state index contributed by atoms with van der Waals surface area (Å²) < 4.78 is 39.7. The highest BCUT2D eigenvalue weighted by Gasteiger charge is 2.60. The van der Waals surface area contributed by atoms with Gasteiger partial charge in [0.2, 0.25) is 11.8 Å². The van der Waals surface area contributed by atoms with Crippen molar-refractivity contribution in [1.82, 2.24) is 10.6 Å². The molecule has 4 aliphatic rings. The second kappa shape index (κ2) is 19.1. The number of aliphatic hydroxyl groups excluding tert-OH is 12. The van der Waals surface area contributed by atoms with Gasteiger partial charge >= 0.3 is 5.97 Å². The standard InChI is InChI=1S/C31H52N2O23/c1-8-17(41)20(44)21(45)28(50-8)53-23-14(7-36)51-27(47)16(33-10(3)38)25(23)54-29-22(46)26(19(43)13(6-35)52-29)56-31(30(48)49)4-11(39)15(32-9(2)37)24(55-31)18(42)12(40)5-34/h8,11-29,34-36,39-47H,4-7H2,1-3H3,(H,32,37)(H,33,38)(H,48,49)/t8-,11-,12+,13+,14+,15-,16+,17+,18+,19-,20+,21-,22+,23+,24+,25+,26-,27?,28-,29-,31-/m0/s1. The van der Waals surface area contributed by atoms with E-state index in [4.69, 9.17) is 33.2 Å². The van der Waals surface area contributed by atoms with E-state index in [0.717, 1.165) is 13.8 Å². The van der Waals surface area contributed by atoms with Gasteiger partial charge in [-0.05, 0) is 6.92 Å². The van der Waals surface area contributed by atoms with E-state index < -0.39 is 172 Å². The molecule has 56 heavy (non-hydrogen) atoms. The molecule has 0 radical (unpaired) electrons. The SMILES string of the molecule is CC(=O)N[C@@H]1[C@H]([C@H](O)[C@H](O)CO)O[C@@](O[C@H]2[C@@H](O)[C@@H](CO)O[C@@H](O[C@H]3[C@H](O[C@@H]4O[C@@H](C)[C@@H](O)[C@@H](O)[C@@H]4O)[C@@H](CO)OC(O)[C@@H]3NC(C)=O)[C@@H]2O)(C(=O)O)C[C@@H]1O. The smallest absolute Gasteiger partial charge is 0.364 e. The van der Waals surface area contributed by atoms with E-state index in [9.17, 15) is 80.8 Å². The summed E-state index contributed by atoms with van der Waals surface area (Å²) in [7, 11) is 0. The highest BCUT2D eigenvalue weighted by Crippen LogP contribution is 2.39. The maximum atomic E-state index is 12.9. The lowest BCUT2D eigenvalue weighted by atomic mass is 9.88. The predicted octanol–water partition coefficient (Wildman–Crippen LogP) is -9.23. The van der Waals surface area contributed by atoms with E-state index in [0.29, 0.717) is 0 Å². The van der Waals surface area contributed by atoms with Gasteiger partial charge in [0, 0.05) is 20.3 Å². The van der Waals surface area contributed by atoms with E-state index in [-0.39, 0.29) is 0 Å². The van der Waals surface area contributed by atoms with Gasteiger partial charge in [-0.2, -0.15) is 0 Å². The first kappa shape index (κ1) is 46.3. The minimum atomic E-state index is -3.12. The quantitative estimate of drug-likeness (QED) is 0.0773. The van der Waals surface area contributed by atoms with Crippen molar-refractivity contribution in [2.75, 3.05) is 19.8 Å². The molecule has 4 rings (SSSR count). The minimum absolute atomic E-state index is 0.785. The zero-order valence-corrected chi connectivity index (χ0v) is 30.3. The molecule has 0 aliphatic carbocycles. The molecule has 0 bridgehead atoms. The molecule has 15 N–H and O–H groups in total. The number of rotatable bonds is 14. The van der Waals surface area contributed by atoms with Gasteiger partial charge in [0.1, 0.15) is 85.4 Å². The largest absolute Gasteiger partial charge is 0.477 e. The zero-order valence-electron chi connectivity index (χ0n) is 30.3. The first-order valence-corrected chi connectivity index (χ1v) is 17.6. The highest BCUT2D eigenvalue weighted by atomic mass is 16.8. The van der Waals surface area contributed by atoms with Gasteiger partial charge in [0.05, 0.1) is 38.1 Å². The number of amides is 2. The monoisotopic (exact) mass is 820 g/mol. The third kappa shape index (κ3) is 9.74. The van der Waals surface area contributed by atoms with Crippen LogP contribution < -0.4 is 10.6 Å². The Morgan fingerprint density at radius 1 is 0.732 bits per heavy atom. The van der Waals surface area contributed by atoms with Gasteiger partial charge in [-0.1, -0.05) is 0 Å². The van der Waals surface area contributed by atoms with Crippen molar-refractivity contribution in [3.63, 3.8) is 0 Å². The topological polar surface area (TPSA) is 403 Å². The average molecular weight is 821 g/mol. The summed E-state index contributed by atoms with van der Waals surface area (Å²) in [4.78, 5) is 37.0. The second-order valence-corrected chi connectivity index (χ2v) is 14.0. The fourth-order valence-corrected chi connectivity index (χ4v) is 6.99. The van der Waals surface area contributed by atoms with Gasteiger partial charge in [0.15, 0.2) is 18.9 Å². The van der Waals surface area contributed by atoms with Gasteiger partial charge in [0.25, 0.3) is 5.79 Å². The Bertz CT molecular complexity index is 1330. The number of carboxylic acid groups (broad SMARTS) is 1. The van der Waals surface area contributed by atoms with Gasteiger partial charge < -0.3 is 110 Å². The fourth-order valence-electron chi connectivity index (χ4n) is 6.99. The molecule has 4 saturated heterocycles. The van der Waals surface area contributed by atoms with E-state index in [1.807, 2.05) is 0 Å². The number of hydrogen-bond donors (Lipinski definition) is 15. The first-order valence-electron chi connectivity index (χ1n) is 17.6. The summed E-state index contributed by atoms with van der Waals surface area (Å²) in [5.74, 6) is -6.72. The van der Waals surface area contributed by atoms with Crippen molar-refractivity contribution >= 4 is 17.8 Å². The molecule has 0 spiro atoms. The van der Waals surface area contributed by atoms with Gasteiger partial charge in [-0.3, -0.25) is 9.59 Å². The number of aliphatic hydroxyl groups is 12. The molecule has 0 aromatic carbocycles. The molecule has 0 aromatic heterocycles. The fraction of sp³-hybridized carbons (Fsp3) is 0.903. The molecule has 2 amide bonds. The zero-order chi connectivity index (χ0) is 42.0. The molecule has 0 saturated carbocycles. The van der Waals surface area contributed by atoms with Crippen molar-refractivity contribution in [2.45, 2.75) is 155 Å². The van der Waals surface area contributed by atoms with Crippen LogP contribution in [0.25, 0.3) is 0 Å². The maximum Gasteiger partial charge on any atom is 0.364 e. The predicted molar refractivity (Wildman–Crippen MR) is 173 cm³/mol. The summed E-state index contributed by atoms with van der Waals surface area (Å²) in [6, 6.07) is -3.27. The van der Waals surface area contributed by atoms with Crippen LogP contribution in [0.15, 0.2) is 0 Å². The van der Waals surface area contributed by atoms with Crippen LogP contribution in [0.2, 0.25) is 0 Å². The van der Waals surface area contributed by atoms with Crippen molar-refractivity contribution in [3.8, 4) is 0 Å². The Hall–Kier alpha value is -2.35. The normalized spacial score (nSPS) is 45.7. The third-order valence-electron chi connectivity index (χ3n) is 9.94. The number of nitrogens with one attached hydrogen (secondary N) is 2. The Kier molecular flexibility index (Phi) is 15.8. The lowest BCUT2D eigenvalue weighted by Crippen LogP contribution is -2.71. The number of hydrogen-bond acceptors (Lipinski definition) is 22. The number of ether oxygens (including phenoxy) is 7. The Labute approximate surface area is 317 Å². The van der Waals surface area contributed by atoms with Crippen LogP contribution in [-0.4, -0.2) is 232 Å². The Balaban J connectivity index is 1.72. The Morgan fingerprint density at radius 3 is 1.86 bits per heavy atom. The summed E-state index contributed by atoms with van der Waals surface area (Å²) in [6.07, 6.45) is -35.2. The molecule has 4 aliphatic heterocycles. The molecule has 0 aromatic rings. The Morgan fingerprint density at radius 2 is 1.30 bits per heavy atom. The second-order valence-electron chi connectivity index (χ2n) is 14.0. The highest BCUT2D eigenvalue weighted by molar-refractivity contribution is 5.76. The van der Waals surface area contributed by atoms with Crippen LogP contribution in [0.5, 0.6) is 0 Å². The molecule has 4 fully saturated rings. The van der Waals surface area contributed by atoms with E-state index >= 15 is 0 Å². The van der Waals surface area contributed by atoms with E-state index in [1.54, 1.807) is 0 Å². The number of carbonyl (C=O) groups is 3. The van der Waals surface area contributed by atoms with Crippen molar-refractivity contribution in [3.05, 3.63) is 0 Å². The molecular weight excluding hydrogens is 768 g/mol. The summed E-state index contributed by atoms with van der Waals surface area (Å²) in [6.45, 7) is 0.296. The van der Waals surface area contributed by atoms with Crippen LogP contribution in [0.4, 0.5) is 0 Å². The van der Waals surface area contributed by atoms with Crippen LogP contribution in [0, 0.1) is 0 Å². The molecule has 1 unspecified atom stereocenters. The molecule has 4 heterocycles. The minimum Gasteiger partial charge on any atom is -0.477 e. The summed E-state index contributed by atoms with van der Waals surface area (Å²) >= 11 is 0. The lowest BCUT2D eigenvalue weighted by molar-refractivity contribution is -0.389. The number of carbonyl (C=O) groups excluding carboxylic acids is 2. The molecule has 21 atom stereocenters. The van der Waals surface area contributed by atoms with Crippen molar-refractivity contribution in [1.29, 1.82) is 0 Å². The van der Waals surface area contributed by atoms with Crippen LogP contribution in [-0.2, 0) is 47.5 Å². The van der Waals surface area contributed by atoms with E-state index in [1.165, 1.54) is 6.92 Å². The van der Waals surface area contributed by atoms with Gasteiger partial charge in [-0.15, -0.1) is 0 Å². The molecule has 324 valence electrons.